The second kappa shape index (κ2) is 16.5. The molecule has 0 aromatic heterocycles. The van der Waals surface area contributed by atoms with Crippen molar-refractivity contribution in [1.82, 2.24) is 0 Å². The fourth-order valence-corrected chi connectivity index (χ4v) is 2.49. The lowest BCUT2D eigenvalue weighted by molar-refractivity contribution is 0.0696. The van der Waals surface area contributed by atoms with Crippen molar-refractivity contribution < 1.29 is 19.8 Å². The van der Waals surface area contributed by atoms with Crippen LogP contribution < -0.4 is 11.5 Å². The van der Waals surface area contributed by atoms with Gasteiger partial charge in [0.05, 0.1) is 11.1 Å². The van der Waals surface area contributed by atoms with Crippen molar-refractivity contribution in [2.24, 2.45) is 11.5 Å². The zero-order chi connectivity index (χ0) is 19.6. The van der Waals surface area contributed by atoms with E-state index in [1.54, 1.807) is 0 Å². The molecule has 1 rings (SSSR count). The van der Waals surface area contributed by atoms with Gasteiger partial charge >= 0.3 is 11.9 Å². The Morgan fingerprint density at radius 1 is 0.654 bits per heavy atom. The third kappa shape index (κ3) is 13.4. The van der Waals surface area contributed by atoms with E-state index in [2.05, 4.69) is 0 Å². The number of carbonyl (C=O) groups is 2. The zero-order valence-corrected chi connectivity index (χ0v) is 15.7. The molecule has 6 N–H and O–H groups in total. The summed E-state index contributed by atoms with van der Waals surface area (Å²) in [7, 11) is 0. The van der Waals surface area contributed by atoms with Gasteiger partial charge in [-0.3, -0.25) is 0 Å². The van der Waals surface area contributed by atoms with Crippen molar-refractivity contribution >= 4 is 11.9 Å². The topological polar surface area (TPSA) is 127 Å². The van der Waals surface area contributed by atoms with Gasteiger partial charge in [0.1, 0.15) is 0 Å². The third-order valence-corrected chi connectivity index (χ3v) is 4.01. The van der Waals surface area contributed by atoms with Gasteiger partial charge < -0.3 is 21.7 Å². The molecule has 1 aromatic rings. The number of unbranched alkanes of at least 4 members (excludes halogenated alkanes) is 9. The highest BCUT2D eigenvalue weighted by Gasteiger charge is 2.06. The first kappa shape index (κ1) is 24.1. The summed E-state index contributed by atoms with van der Waals surface area (Å²) in [4.78, 5) is 20.8. The summed E-state index contributed by atoms with van der Waals surface area (Å²) in [5.41, 5.74) is 10.8. The Labute approximate surface area is 156 Å². The summed E-state index contributed by atoms with van der Waals surface area (Å²) in [6, 6.07) is 5.20. The number of benzene rings is 1. The molecule has 0 aliphatic rings. The van der Waals surface area contributed by atoms with Crippen LogP contribution in [0.3, 0.4) is 0 Å². The molecule has 0 aliphatic heterocycles. The monoisotopic (exact) mass is 366 g/mol. The summed E-state index contributed by atoms with van der Waals surface area (Å²) in [5.74, 6) is -2.25. The molecule has 0 unspecified atom stereocenters. The number of hydrogen-bond acceptors (Lipinski definition) is 4. The van der Waals surface area contributed by atoms with Gasteiger partial charge in [0.15, 0.2) is 0 Å². The second-order valence-electron chi connectivity index (χ2n) is 6.30. The molecule has 0 heterocycles. The molecule has 26 heavy (non-hydrogen) atoms. The van der Waals surface area contributed by atoms with E-state index < -0.39 is 11.9 Å². The molecular weight excluding hydrogens is 332 g/mol. The molecule has 0 fully saturated rings. The molecule has 6 heteroatoms. The van der Waals surface area contributed by atoms with Gasteiger partial charge in [0, 0.05) is 0 Å². The largest absolute Gasteiger partial charge is 0.478 e. The summed E-state index contributed by atoms with van der Waals surface area (Å²) in [6.45, 7) is 1.72. The minimum Gasteiger partial charge on any atom is -0.478 e. The van der Waals surface area contributed by atoms with Crippen LogP contribution in [0.2, 0.25) is 0 Å². The minimum absolute atomic E-state index is 0.0186. The number of rotatable bonds is 13. The van der Waals surface area contributed by atoms with Gasteiger partial charge in [0.2, 0.25) is 0 Å². The standard InChI is InChI=1S/C12H28N2.C8H6O4/c13-11-9-7-5-3-1-2-4-6-8-10-12-14;9-7(10)5-2-1-3-6(4-5)8(11)12/h1-14H2;1-4H,(H,9,10)(H,11,12). The Bertz CT molecular complexity index is 465. The van der Waals surface area contributed by atoms with Gasteiger partial charge in [0.25, 0.3) is 0 Å². The van der Waals surface area contributed by atoms with Gasteiger partial charge in [-0.15, -0.1) is 0 Å². The first-order chi connectivity index (χ1) is 12.5. The number of carboxylic acids is 2. The summed E-state index contributed by atoms with van der Waals surface area (Å²) in [6.07, 6.45) is 13.4. The van der Waals surface area contributed by atoms with Crippen LogP contribution in [-0.4, -0.2) is 35.2 Å². The second-order valence-corrected chi connectivity index (χ2v) is 6.30. The first-order valence-electron chi connectivity index (χ1n) is 9.49. The Kier molecular flexibility index (Phi) is 15.3. The molecule has 0 aliphatic carbocycles. The van der Waals surface area contributed by atoms with E-state index in [0.29, 0.717) is 0 Å². The fourth-order valence-electron chi connectivity index (χ4n) is 2.49. The highest BCUT2D eigenvalue weighted by Crippen LogP contribution is 2.10. The normalized spacial score (nSPS) is 10.1. The maximum absolute atomic E-state index is 10.4. The van der Waals surface area contributed by atoms with E-state index in [1.807, 2.05) is 0 Å². The predicted octanol–water partition coefficient (Wildman–Crippen LogP) is 3.89. The molecule has 0 saturated heterocycles. The lowest BCUT2D eigenvalue weighted by Gasteiger charge is -2.01. The van der Waals surface area contributed by atoms with Crippen LogP contribution in [0, 0.1) is 0 Å². The molecule has 0 spiro atoms. The number of hydrogen-bond donors (Lipinski definition) is 4. The molecule has 0 bridgehead atoms. The number of nitrogens with two attached hydrogens (primary N) is 2. The van der Waals surface area contributed by atoms with Crippen molar-refractivity contribution in [2.45, 2.75) is 64.2 Å². The van der Waals surface area contributed by atoms with E-state index in [9.17, 15) is 9.59 Å². The van der Waals surface area contributed by atoms with Gasteiger partial charge in [-0.05, 0) is 44.1 Å². The van der Waals surface area contributed by atoms with Crippen molar-refractivity contribution in [3.05, 3.63) is 35.4 Å². The van der Waals surface area contributed by atoms with Crippen LogP contribution in [0.25, 0.3) is 0 Å². The Balaban J connectivity index is 0.000000485. The van der Waals surface area contributed by atoms with Crippen molar-refractivity contribution in [1.29, 1.82) is 0 Å². The summed E-state index contributed by atoms with van der Waals surface area (Å²) < 4.78 is 0. The SMILES string of the molecule is NCCCCCCCCCCCCN.O=C(O)c1cccc(C(=O)O)c1. The van der Waals surface area contributed by atoms with Crippen LogP contribution >= 0.6 is 0 Å². The van der Waals surface area contributed by atoms with E-state index in [-0.39, 0.29) is 11.1 Å². The van der Waals surface area contributed by atoms with Crippen molar-refractivity contribution in [3.63, 3.8) is 0 Å². The quantitative estimate of drug-likeness (QED) is 0.392. The van der Waals surface area contributed by atoms with Crippen LogP contribution in [0.4, 0.5) is 0 Å². The van der Waals surface area contributed by atoms with Gasteiger partial charge in [-0.25, -0.2) is 9.59 Å². The molecule has 0 atom stereocenters. The molecular formula is C20H34N2O4. The van der Waals surface area contributed by atoms with E-state index in [4.69, 9.17) is 21.7 Å². The molecule has 148 valence electrons. The van der Waals surface area contributed by atoms with Crippen LogP contribution in [0.15, 0.2) is 24.3 Å². The molecule has 0 saturated carbocycles. The first-order valence-corrected chi connectivity index (χ1v) is 9.49. The molecule has 0 radical (unpaired) electrons. The molecule has 6 nitrogen and oxygen atoms in total. The Morgan fingerprint density at radius 2 is 0.962 bits per heavy atom. The van der Waals surface area contributed by atoms with Crippen molar-refractivity contribution in [2.75, 3.05) is 13.1 Å². The number of aromatic carboxylic acids is 2. The number of carboxylic acid groups (broad SMARTS) is 2. The third-order valence-electron chi connectivity index (χ3n) is 4.01. The average Bonchev–Trinajstić information content (AvgIpc) is 2.64. The zero-order valence-electron chi connectivity index (χ0n) is 15.7. The van der Waals surface area contributed by atoms with Crippen LogP contribution in [0.1, 0.15) is 84.9 Å². The lowest BCUT2D eigenvalue weighted by Crippen LogP contribution is -2.01. The van der Waals surface area contributed by atoms with Gasteiger partial charge in [-0.1, -0.05) is 57.4 Å². The maximum Gasteiger partial charge on any atom is 0.335 e. The van der Waals surface area contributed by atoms with Gasteiger partial charge in [-0.2, -0.15) is 0 Å². The van der Waals surface area contributed by atoms with E-state index in [1.165, 1.54) is 82.4 Å². The van der Waals surface area contributed by atoms with Crippen LogP contribution in [0.5, 0.6) is 0 Å². The van der Waals surface area contributed by atoms with E-state index >= 15 is 0 Å². The average molecular weight is 367 g/mol. The summed E-state index contributed by atoms with van der Waals surface area (Å²) >= 11 is 0. The highest BCUT2D eigenvalue weighted by atomic mass is 16.4. The minimum atomic E-state index is -1.13. The summed E-state index contributed by atoms with van der Waals surface area (Å²) in [5, 5.41) is 17.0. The van der Waals surface area contributed by atoms with Crippen molar-refractivity contribution in [3.8, 4) is 0 Å². The fraction of sp³-hybridized carbons (Fsp3) is 0.600. The smallest absolute Gasteiger partial charge is 0.335 e. The lowest BCUT2D eigenvalue weighted by atomic mass is 10.1. The Hall–Kier alpha value is -1.92. The molecule has 1 aromatic carbocycles. The maximum atomic E-state index is 10.4. The van der Waals surface area contributed by atoms with Crippen LogP contribution in [-0.2, 0) is 0 Å². The highest BCUT2D eigenvalue weighted by molar-refractivity contribution is 5.93. The van der Waals surface area contributed by atoms with E-state index in [0.717, 1.165) is 19.2 Å². The predicted molar refractivity (Wildman–Crippen MR) is 105 cm³/mol. The Morgan fingerprint density at radius 3 is 1.23 bits per heavy atom. The molecule has 0 amide bonds.